The zero-order valence-corrected chi connectivity index (χ0v) is 15.1. The summed E-state index contributed by atoms with van der Waals surface area (Å²) >= 11 is 1.49. The van der Waals surface area contributed by atoms with Crippen molar-refractivity contribution in [3.8, 4) is 0 Å². The van der Waals surface area contributed by atoms with Gasteiger partial charge in [-0.15, -0.1) is 11.3 Å². The Kier molecular flexibility index (Phi) is 5.63. The minimum Gasteiger partial charge on any atom is -0.378 e. The van der Waals surface area contributed by atoms with Crippen molar-refractivity contribution in [3.63, 3.8) is 0 Å². The van der Waals surface area contributed by atoms with E-state index in [1.54, 1.807) is 7.11 Å². The van der Waals surface area contributed by atoms with Crippen LogP contribution in [0, 0.1) is 0 Å². The molecule has 2 unspecified atom stereocenters. The molecule has 0 spiro atoms. The van der Waals surface area contributed by atoms with Crippen LogP contribution >= 0.6 is 11.3 Å². The van der Waals surface area contributed by atoms with Crippen LogP contribution in [0.25, 0.3) is 0 Å². The summed E-state index contributed by atoms with van der Waals surface area (Å²) in [6.07, 6.45) is 3.16. The number of likely N-dealkylation sites (tertiary alicyclic amines) is 1. The molecule has 0 bridgehead atoms. The molecule has 1 aliphatic rings. The maximum absolute atomic E-state index is 13.0. The lowest BCUT2D eigenvalue weighted by Gasteiger charge is -2.31. The summed E-state index contributed by atoms with van der Waals surface area (Å²) < 4.78 is 5.10. The van der Waals surface area contributed by atoms with Crippen molar-refractivity contribution in [2.75, 3.05) is 13.7 Å². The van der Waals surface area contributed by atoms with Gasteiger partial charge < -0.3 is 9.64 Å². The Morgan fingerprint density at radius 1 is 1.42 bits per heavy atom. The van der Waals surface area contributed by atoms with Crippen molar-refractivity contribution < 1.29 is 9.53 Å². The van der Waals surface area contributed by atoms with Crippen molar-refractivity contribution in [2.24, 2.45) is 0 Å². The number of hydrogen-bond donors (Lipinski definition) is 0. The minimum atomic E-state index is 0.0606. The van der Waals surface area contributed by atoms with Crippen LogP contribution in [0.4, 0.5) is 0 Å². The number of benzene rings is 1. The summed E-state index contributed by atoms with van der Waals surface area (Å²) in [5.74, 6) is 0.445. The molecule has 128 valence electrons. The van der Waals surface area contributed by atoms with Gasteiger partial charge in [0.2, 0.25) is 0 Å². The van der Waals surface area contributed by atoms with Gasteiger partial charge in [-0.05, 0) is 24.8 Å². The lowest BCUT2D eigenvalue weighted by molar-refractivity contribution is 0.0708. The van der Waals surface area contributed by atoms with Gasteiger partial charge in [-0.1, -0.05) is 37.3 Å². The van der Waals surface area contributed by atoms with E-state index in [-0.39, 0.29) is 11.9 Å². The molecule has 1 fully saturated rings. The Balaban J connectivity index is 1.80. The molecule has 0 radical (unpaired) electrons. The van der Waals surface area contributed by atoms with Crippen LogP contribution in [0.2, 0.25) is 0 Å². The Morgan fingerprint density at radius 3 is 2.92 bits per heavy atom. The van der Waals surface area contributed by atoms with Crippen molar-refractivity contribution >= 4 is 17.2 Å². The van der Waals surface area contributed by atoms with E-state index in [9.17, 15) is 4.79 Å². The molecule has 24 heavy (non-hydrogen) atoms. The van der Waals surface area contributed by atoms with E-state index in [1.165, 1.54) is 16.9 Å². The van der Waals surface area contributed by atoms with Gasteiger partial charge in [-0.3, -0.25) is 4.79 Å². The normalized spacial score (nSPS) is 18.8. The molecular weight excluding hydrogens is 320 g/mol. The highest BCUT2D eigenvalue weighted by Crippen LogP contribution is 2.34. The first-order chi connectivity index (χ1) is 11.7. The standard InChI is InChI=1S/C19H24N2O2S/c1-3-15(14-8-5-4-6-9-14)17-10-7-11-21(17)19(22)16-13-24-18(20-16)12-23-2/h4-6,8-9,13,15,17H,3,7,10-12H2,1-2H3. The van der Waals surface area contributed by atoms with E-state index in [1.807, 2.05) is 16.3 Å². The molecule has 5 heteroatoms. The SMILES string of the molecule is CCC(c1ccccc1)C1CCCN1C(=O)c1csc(COC)n1. The molecule has 0 aliphatic carbocycles. The molecule has 1 aromatic heterocycles. The first-order valence-electron chi connectivity index (χ1n) is 8.53. The summed E-state index contributed by atoms with van der Waals surface area (Å²) in [5, 5.41) is 2.71. The smallest absolute Gasteiger partial charge is 0.273 e. The van der Waals surface area contributed by atoms with Gasteiger partial charge in [0.25, 0.3) is 5.91 Å². The molecule has 2 atom stereocenters. The van der Waals surface area contributed by atoms with Crippen molar-refractivity contribution in [3.05, 3.63) is 52.0 Å². The molecule has 0 saturated carbocycles. The van der Waals surface area contributed by atoms with E-state index in [2.05, 4.69) is 36.2 Å². The molecule has 1 aromatic carbocycles. The summed E-state index contributed by atoms with van der Waals surface area (Å²) in [5.41, 5.74) is 1.88. The molecule has 0 N–H and O–H groups in total. The quantitative estimate of drug-likeness (QED) is 0.793. The molecule has 3 rings (SSSR count). The van der Waals surface area contributed by atoms with Crippen molar-refractivity contribution in [1.82, 2.24) is 9.88 Å². The Hall–Kier alpha value is -1.72. The average Bonchev–Trinajstić information content (AvgIpc) is 3.26. The first kappa shape index (κ1) is 17.1. The number of nitrogens with zero attached hydrogens (tertiary/aromatic N) is 2. The van der Waals surface area contributed by atoms with E-state index in [0.29, 0.717) is 18.2 Å². The fraction of sp³-hybridized carbons (Fsp3) is 0.474. The zero-order chi connectivity index (χ0) is 16.9. The van der Waals surface area contributed by atoms with Crippen LogP contribution in [0.1, 0.15) is 53.2 Å². The summed E-state index contributed by atoms with van der Waals surface area (Å²) in [6.45, 7) is 3.49. The maximum Gasteiger partial charge on any atom is 0.273 e. The predicted molar refractivity (Wildman–Crippen MR) is 96.4 cm³/mol. The summed E-state index contributed by atoms with van der Waals surface area (Å²) in [7, 11) is 1.64. The van der Waals surface area contributed by atoms with Gasteiger partial charge in [-0.25, -0.2) is 4.98 Å². The Bertz CT molecular complexity index is 671. The third-order valence-electron chi connectivity index (χ3n) is 4.73. The molecule has 1 aliphatic heterocycles. The first-order valence-corrected chi connectivity index (χ1v) is 9.41. The van der Waals surface area contributed by atoms with Crippen LogP contribution in [-0.2, 0) is 11.3 Å². The monoisotopic (exact) mass is 344 g/mol. The molecule has 2 aromatic rings. The van der Waals surface area contributed by atoms with Gasteiger partial charge in [-0.2, -0.15) is 0 Å². The number of carbonyl (C=O) groups is 1. The fourth-order valence-electron chi connectivity index (χ4n) is 3.64. The minimum absolute atomic E-state index is 0.0606. The Labute approximate surface area is 147 Å². The molecule has 4 nitrogen and oxygen atoms in total. The number of ether oxygens (including phenoxy) is 1. The topological polar surface area (TPSA) is 42.4 Å². The number of aromatic nitrogens is 1. The Morgan fingerprint density at radius 2 is 2.21 bits per heavy atom. The average molecular weight is 344 g/mol. The predicted octanol–water partition coefficient (Wildman–Crippen LogP) is 4.09. The van der Waals surface area contributed by atoms with Gasteiger partial charge in [0.05, 0.1) is 6.61 Å². The second-order valence-electron chi connectivity index (χ2n) is 6.19. The second kappa shape index (κ2) is 7.90. The van der Waals surface area contributed by atoms with Crippen molar-refractivity contribution in [1.29, 1.82) is 0 Å². The van der Waals surface area contributed by atoms with Gasteiger partial charge in [0.1, 0.15) is 10.7 Å². The number of amides is 1. The molecular formula is C19H24N2O2S. The van der Waals surface area contributed by atoms with Crippen LogP contribution in [0.5, 0.6) is 0 Å². The number of carbonyl (C=O) groups excluding carboxylic acids is 1. The highest BCUT2D eigenvalue weighted by Gasteiger charge is 2.35. The van der Waals surface area contributed by atoms with Crippen LogP contribution in [-0.4, -0.2) is 35.5 Å². The number of hydrogen-bond acceptors (Lipinski definition) is 4. The summed E-state index contributed by atoms with van der Waals surface area (Å²) in [4.78, 5) is 19.4. The number of thiazole rings is 1. The van der Waals surface area contributed by atoms with Gasteiger partial charge in [0.15, 0.2) is 0 Å². The molecule has 2 heterocycles. The maximum atomic E-state index is 13.0. The largest absolute Gasteiger partial charge is 0.378 e. The fourth-order valence-corrected chi connectivity index (χ4v) is 4.38. The van der Waals surface area contributed by atoms with Gasteiger partial charge >= 0.3 is 0 Å². The third kappa shape index (κ3) is 3.52. The van der Waals surface area contributed by atoms with Gasteiger partial charge in [0, 0.05) is 31.0 Å². The summed E-state index contributed by atoms with van der Waals surface area (Å²) in [6, 6.07) is 10.8. The van der Waals surface area contributed by atoms with Crippen LogP contribution in [0.15, 0.2) is 35.7 Å². The van der Waals surface area contributed by atoms with Crippen LogP contribution in [0.3, 0.4) is 0 Å². The van der Waals surface area contributed by atoms with Crippen LogP contribution < -0.4 is 0 Å². The number of methoxy groups -OCH3 is 1. The lowest BCUT2D eigenvalue weighted by Crippen LogP contribution is -2.39. The van der Waals surface area contributed by atoms with E-state index < -0.39 is 0 Å². The lowest BCUT2D eigenvalue weighted by atomic mass is 9.87. The van der Waals surface area contributed by atoms with E-state index >= 15 is 0 Å². The highest BCUT2D eigenvalue weighted by atomic mass is 32.1. The van der Waals surface area contributed by atoms with Crippen molar-refractivity contribution in [2.45, 2.75) is 44.8 Å². The molecule has 1 saturated heterocycles. The zero-order valence-electron chi connectivity index (χ0n) is 14.3. The third-order valence-corrected chi connectivity index (χ3v) is 5.55. The highest BCUT2D eigenvalue weighted by molar-refractivity contribution is 7.09. The van der Waals surface area contributed by atoms with E-state index in [4.69, 9.17) is 4.74 Å². The van der Waals surface area contributed by atoms with E-state index in [0.717, 1.165) is 30.8 Å². The second-order valence-corrected chi connectivity index (χ2v) is 7.14. The number of rotatable bonds is 6. The molecule has 1 amide bonds.